The second-order valence-corrected chi connectivity index (χ2v) is 8.15. The van der Waals surface area contributed by atoms with Gasteiger partial charge in [0.15, 0.2) is 0 Å². The Balaban J connectivity index is 1.23. The van der Waals surface area contributed by atoms with Gasteiger partial charge >= 0.3 is 0 Å². The molecular formula is C25H29N3O3. The van der Waals surface area contributed by atoms with Gasteiger partial charge in [-0.3, -0.25) is 14.5 Å². The van der Waals surface area contributed by atoms with Crippen molar-refractivity contribution in [2.75, 3.05) is 33.3 Å². The maximum absolute atomic E-state index is 12.6. The summed E-state index contributed by atoms with van der Waals surface area (Å²) in [7, 11) is 1.67. The molecule has 2 aliphatic rings. The fourth-order valence-corrected chi connectivity index (χ4v) is 3.63. The molecule has 1 heterocycles. The van der Waals surface area contributed by atoms with Crippen LogP contribution < -0.4 is 10.1 Å². The highest BCUT2D eigenvalue weighted by atomic mass is 16.5. The van der Waals surface area contributed by atoms with Crippen LogP contribution in [0.2, 0.25) is 0 Å². The summed E-state index contributed by atoms with van der Waals surface area (Å²) in [5.41, 5.74) is 2.81. The number of amides is 2. The van der Waals surface area contributed by atoms with Crippen LogP contribution in [-0.2, 0) is 11.3 Å². The van der Waals surface area contributed by atoms with Crippen molar-refractivity contribution in [2.24, 2.45) is 0 Å². The number of ether oxygens (including phenoxy) is 1. The Hall–Kier alpha value is -3.12. The van der Waals surface area contributed by atoms with E-state index in [0.717, 1.165) is 56.9 Å². The monoisotopic (exact) mass is 419 g/mol. The van der Waals surface area contributed by atoms with Crippen molar-refractivity contribution < 1.29 is 14.3 Å². The Labute approximate surface area is 183 Å². The molecule has 1 saturated carbocycles. The molecule has 0 unspecified atom stereocenters. The number of hydrogen-bond donors (Lipinski definition) is 1. The van der Waals surface area contributed by atoms with Gasteiger partial charge in [0.2, 0.25) is 5.91 Å². The van der Waals surface area contributed by atoms with Gasteiger partial charge in [-0.05, 0) is 54.3 Å². The van der Waals surface area contributed by atoms with E-state index in [1.165, 1.54) is 5.56 Å². The third-order valence-corrected chi connectivity index (χ3v) is 5.75. The molecule has 2 aromatic rings. The van der Waals surface area contributed by atoms with Crippen LogP contribution in [0.3, 0.4) is 0 Å². The summed E-state index contributed by atoms with van der Waals surface area (Å²) in [6.07, 6.45) is 5.59. The predicted molar refractivity (Wildman–Crippen MR) is 121 cm³/mol. The Bertz CT molecular complexity index is 925. The lowest BCUT2D eigenvalue weighted by Gasteiger charge is -2.34. The number of nitrogens with zero attached hydrogens (tertiary/aromatic N) is 2. The summed E-state index contributed by atoms with van der Waals surface area (Å²) < 4.78 is 5.20. The van der Waals surface area contributed by atoms with E-state index in [9.17, 15) is 9.59 Å². The summed E-state index contributed by atoms with van der Waals surface area (Å²) in [6.45, 7) is 4.04. The van der Waals surface area contributed by atoms with Gasteiger partial charge in [-0.2, -0.15) is 0 Å². The fraction of sp³-hybridized carbons (Fsp3) is 0.360. The van der Waals surface area contributed by atoms with Crippen LogP contribution in [0, 0.1) is 0 Å². The van der Waals surface area contributed by atoms with E-state index < -0.39 is 0 Å². The quantitative estimate of drug-likeness (QED) is 0.701. The summed E-state index contributed by atoms with van der Waals surface area (Å²) in [5, 5.41) is 2.98. The van der Waals surface area contributed by atoms with Gasteiger partial charge in [0, 0.05) is 50.4 Å². The molecule has 1 N–H and O–H groups in total. The first kappa shape index (κ1) is 21.1. The van der Waals surface area contributed by atoms with Gasteiger partial charge in [0.1, 0.15) is 5.75 Å². The topological polar surface area (TPSA) is 61.9 Å². The highest BCUT2D eigenvalue weighted by Gasteiger charge is 2.23. The van der Waals surface area contributed by atoms with Crippen LogP contribution in [0.25, 0.3) is 6.08 Å². The van der Waals surface area contributed by atoms with Crippen molar-refractivity contribution in [3.8, 4) is 5.75 Å². The highest BCUT2D eigenvalue weighted by Crippen LogP contribution is 2.19. The molecule has 1 saturated heterocycles. The molecule has 31 heavy (non-hydrogen) atoms. The summed E-state index contributed by atoms with van der Waals surface area (Å²) in [5.74, 6) is 0.864. The molecule has 0 spiro atoms. The Morgan fingerprint density at radius 2 is 1.68 bits per heavy atom. The predicted octanol–water partition coefficient (Wildman–Crippen LogP) is 2.95. The lowest BCUT2D eigenvalue weighted by atomic mass is 10.1. The van der Waals surface area contributed by atoms with Crippen molar-refractivity contribution in [1.29, 1.82) is 0 Å². The fourth-order valence-electron chi connectivity index (χ4n) is 3.63. The first-order valence-corrected chi connectivity index (χ1v) is 10.8. The zero-order valence-electron chi connectivity index (χ0n) is 17.9. The van der Waals surface area contributed by atoms with Crippen molar-refractivity contribution in [2.45, 2.75) is 25.4 Å². The Morgan fingerprint density at radius 3 is 2.29 bits per heavy atom. The Kier molecular flexibility index (Phi) is 6.67. The summed E-state index contributed by atoms with van der Waals surface area (Å²) in [6, 6.07) is 15.8. The minimum absolute atomic E-state index is 0.0263. The zero-order valence-corrected chi connectivity index (χ0v) is 17.9. The molecule has 1 aliphatic carbocycles. The molecule has 4 rings (SSSR count). The van der Waals surface area contributed by atoms with E-state index in [1.54, 1.807) is 25.3 Å². The lowest BCUT2D eigenvalue weighted by molar-refractivity contribution is -0.127. The van der Waals surface area contributed by atoms with E-state index in [-0.39, 0.29) is 11.8 Å². The lowest BCUT2D eigenvalue weighted by Crippen LogP contribution is -2.47. The van der Waals surface area contributed by atoms with Gasteiger partial charge in [0.25, 0.3) is 5.91 Å². The zero-order chi connectivity index (χ0) is 21.6. The number of hydrogen-bond acceptors (Lipinski definition) is 4. The van der Waals surface area contributed by atoms with Crippen LogP contribution in [0.1, 0.15) is 34.3 Å². The average molecular weight is 420 g/mol. The molecule has 2 aromatic carbocycles. The third kappa shape index (κ3) is 5.95. The van der Waals surface area contributed by atoms with Crippen molar-refractivity contribution >= 4 is 17.9 Å². The molecule has 0 bridgehead atoms. The number of rotatable bonds is 7. The first-order valence-electron chi connectivity index (χ1n) is 10.8. The van der Waals surface area contributed by atoms with E-state index in [1.807, 2.05) is 35.2 Å². The minimum atomic E-state index is -0.0263. The largest absolute Gasteiger partial charge is 0.497 e. The number of piperazine rings is 1. The number of methoxy groups -OCH3 is 1. The molecule has 2 amide bonds. The number of carbonyl (C=O) groups excluding carboxylic acids is 2. The number of carbonyl (C=O) groups is 2. The molecule has 2 fully saturated rings. The van der Waals surface area contributed by atoms with Crippen LogP contribution in [0.4, 0.5) is 0 Å². The van der Waals surface area contributed by atoms with Gasteiger partial charge in [-0.1, -0.05) is 24.3 Å². The van der Waals surface area contributed by atoms with E-state index in [2.05, 4.69) is 22.3 Å². The molecule has 0 atom stereocenters. The summed E-state index contributed by atoms with van der Waals surface area (Å²) in [4.78, 5) is 28.9. The van der Waals surface area contributed by atoms with Crippen molar-refractivity contribution in [3.05, 3.63) is 71.3 Å². The third-order valence-electron chi connectivity index (χ3n) is 5.75. The van der Waals surface area contributed by atoms with E-state index >= 15 is 0 Å². The molecule has 0 aromatic heterocycles. The van der Waals surface area contributed by atoms with Crippen LogP contribution in [-0.4, -0.2) is 60.9 Å². The van der Waals surface area contributed by atoms with Crippen molar-refractivity contribution in [3.63, 3.8) is 0 Å². The van der Waals surface area contributed by atoms with Crippen LogP contribution >= 0.6 is 0 Å². The van der Waals surface area contributed by atoms with E-state index in [0.29, 0.717) is 11.6 Å². The molecule has 1 aliphatic heterocycles. The van der Waals surface area contributed by atoms with Gasteiger partial charge in [0.05, 0.1) is 7.11 Å². The molecular weight excluding hydrogens is 390 g/mol. The standard InChI is InChI=1S/C25H29N3O3/c1-31-23-11-4-20(5-12-23)18-27-14-16-28(17-15-27)24(29)13-6-19-2-7-21(8-3-19)25(30)26-22-9-10-22/h2-8,11-13,22H,9-10,14-18H2,1H3,(H,26,30). The summed E-state index contributed by atoms with van der Waals surface area (Å²) >= 11 is 0. The molecule has 6 nitrogen and oxygen atoms in total. The number of nitrogens with one attached hydrogen (secondary N) is 1. The normalized spacial score (nSPS) is 17.0. The van der Waals surface area contributed by atoms with Crippen molar-refractivity contribution in [1.82, 2.24) is 15.1 Å². The smallest absolute Gasteiger partial charge is 0.251 e. The first-order chi connectivity index (χ1) is 15.1. The maximum Gasteiger partial charge on any atom is 0.251 e. The number of benzene rings is 2. The van der Waals surface area contributed by atoms with Gasteiger partial charge in [-0.25, -0.2) is 0 Å². The van der Waals surface area contributed by atoms with Crippen LogP contribution in [0.5, 0.6) is 5.75 Å². The SMILES string of the molecule is COc1ccc(CN2CCN(C(=O)C=Cc3ccc(C(=O)NC4CC4)cc3)CC2)cc1. The van der Waals surface area contributed by atoms with Gasteiger partial charge < -0.3 is 15.0 Å². The molecule has 0 radical (unpaired) electrons. The van der Waals surface area contributed by atoms with Gasteiger partial charge in [-0.15, -0.1) is 0 Å². The van der Waals surface area contributed by atoms with E-state index in [4.69, 9.17) is 4.74 Å². The Morgan fingerprint density at radius 1 is 1.00 bits per heavy atom. The van der Waals surface area contributed by atoms with Crippen LogP contribution in [0.15, 0.2) is 54.6 Å². The minimum Gasteiger partial charge on any atom is -0.497 e. The second-order valence-electron chi connectivity index (χ2n) is 8.15. The average Bonchev–Trinajstić information content (AvgIpc) is 3.63. The second kappa shape index (κ2) is 9.79. The molecule has 6 heteroatoms. The highest BCUT2D eigenvalue weighted by molar-refractivity contribution is 5.95. The molecule has 162 valence electrons. The maximum atomic E-state index is 12.6.